The molecule has 0 spiro atoms. The van der Waals surface area contributed by atoms with Gasteiger partial charge in [-0.1, -0.05) is 0 Å². The summed E-state index contributed by atoms with van der Waals surface area (Å²) in [6.45, 7) is 3.58. The first-order chi connectivity index (χ1) is 6.79. The molecule has 0 saturated carbocycles. The highest BCUT2D eigenvalue weighted by atomic mass is 31.2. The van der Waals surface area contributed by atoms with E-state index in [1.807, 2.05) is 26.0 Å². The minimum absolute atomic E-state index is 0.434. The fraction of sp³-hybridized carbons (Fsp3) is 1.00. The molecule has 1 unspecified atom stereocenters. The number of phosphoric acid groups is 1. The van der Waals surface area contributed by atoms with Crippen LogP contribution in [0.2, 0.25) is 0 Å². The number of hydrogen-bond donors (Lipinski definition) is 5. The van der Waals surface area contributed by atoms with Crippen molar-refractivity contribution in [3.05, 3.63) is 0 Å². The summed E-state index contributed by atoms with van der Waals surface area (Å²) in [4.78, 5) is 23.6. The molecular weight excluding hydrogens is 239 g/mol. The lowest BCUT2D eigenvalue weighted by Crippen LogP contribution is -2.38. The Kier molecular flexibility index (Phi) is 13.5. The second-order valence-corrected chi connectivity index (χ2v) is 4.37. The van der Waals surface area contributed by atoms with E-state index >= 15 is 0 Å². The van der Waals surface area contributed by atoms with E-state index in [1.165, 1.54) is 6.92 Å². The first-order valence-corrected chi connectivity index (χ1v) is 5.90. The molecule has 0 fully saturated rings. The number of nitrogens with two attached hydrogens (primary N) is 1. The zero-order valence-electron chi connectivity index (χ0n) is 10.3. The number of nitrogens with zero attached hydrogens (tertiary/aromatic N) is 1. The minimum Gasteiger partial charge on any atom is -0.354 e. The summed E-state index contributed by atoms with van der Waals surface area (Å²) in [5.41, 5.74) is 4.98. The van der Waals surface area contributed by atoms with Crippen LogP contribution in [-0.4, -0.2) is 58.3 Å². The van der Waals surface area contributed by atoms with Gasteiger partial charge in [-0.05, 0) is 28.1 Å². The van der Waals surface area contributed by atoms with Crippen LogP contribution < -0.4 is 5.73 Å². The molecule has 16 heavy (non-hydrogen) atoms. The third-order valence-corrected chi connectivity index (χ3v) is 0.437. The predicted octanol–water partition coefficient (Wildman–Crippen LogP) is -1.10. The molecule has 8 nitrogen and oxygen atoms in total. The molecule has 102 valence electrons. The summed E-state index contributed by atoms with van der Waals surface area (Å²) in [6, 6.07) is 0. The van der Waals surface area contributed by atoms with Gasteiger partial charge in [-0.15, -0.1) is 0 Å². The van der Waals surface area contributed by atoms with Crippen LogP contribution in [0.4, 0.5) is 0 Å². The third kappa shape index (κ3) is 150. The van der Waals surface area contributed by atoms with Crippen molar-refractivity contribution >= 4 is 7.82 Å². The molecule has 6 N–H and O–H groups in total. The van der Waals surface area contributed by atoms with Gasteiger partial charge in [0.2, 0.25) is 5.91 Å². The lowest BCUT2D eigenvalue weighted by molar-refractivity contribution is -0.181. The van der Waals surface area contributed by atoms with Gasteiger partial charge in [0, 0.05) is 13.5 Å². The SMILES string of the molecule is CCOC(C)(N)O.CN(C)C.O=P(O)(O)O. The van der Waals surface area contributed by atoms with Gasteiger partial charge in [-0.2, -0.15) is 0 Å². The van der Waals surface area contributed by atoms with Crippen LogP contribution in [0.3, 0.4) is 0 Å². The zero-order valence-corrected chi connectivity index (χ0v) is 11.2. The molecule has 0 saturated heterocycles. The number of ether oxygens (including phenoxy) is 1. The van der Waals surface area contributed by atoms with Crippen molar-refractivity contribution < 1.29 is 29.1 Å². The van der Waals surface area contributed by atoms with E-state index in [1.54, 1.807) is 6.92 Å². The van der Waals surface area contributed by atoms with Gasteiger partial charge in [0.25, 0.3) is 0 Å². The lowest BCUT2D eigenvalue weighted by Gasteiger charge is -2.15. The summed E-state index contributed by atoms with van der Waals surface area (Å²) in [5, 5.41) is 8.57. The molecular formula is C7H23N2O6P. The molecule has 0 aromatic rings. The monoisotopic (exact) mass is 262 g/mol. The number of aliphatic hydroxyl groups is 1. The largest absolute Gasteiger partial charge is 0.466 e. The highest BCUT2D eigenvalue weighted by Gasteiger charge is 2.09. The molecule has 0 radical (unpaired) electrons. The average Bonchev–Trinajstić information content (AvgIpc) is 1.76. The summed E-state index contributed by atoms with van der Waals surface area (Å²) < 4.78 is 13.4. The van der Waals surface area contributed by atoms with Crippen LogP contribution in [0, 0.1) is 0 Å². The van der Waals surface area contributed by atoms with Crippen molar-refractivity contribution in [1.29, 1.82) is 0 Å². The molecule has 0 heterocycles. The molecule has 9 heteroatoms. The molecule has 0 aliphatic rings. The van der Waals surface area contributed by atoms with Gasteiger partial charge in [-0.3, -0.25) is 5.73 Å². The van der Waals surface area contributed by atoms with Crippen molar-refractivity contribution in [2.45, 2.75) is 19.8 Å². The van der Waals surface area contributed by atoms with Gasteiger partial charge >= 0.3 is 7.82 Å². The zero-order chi connectivity index (χ0) is 14.0. The molecule has 0 aromatic carbocycles. The van der Waals surface area contributed by atoms with Crippen LogP contribution in [0.25, 0.3) is 0 Å². The fourth-order valence-electron chi connectivity index (χ4n) is 0.292. The smallest absolute Gasteiger partial charge is 0.354 e. The number of hydrogen-bond acceptors (Lipinski definition) is 5. The Balaban J connectivity index is -0.000000166. The van der Waals surface area contributed by atoms with Gasteiger partial charge in [0.15, 0.2) is 0 Å². The Labute approximate surface area is 95.9 Å². The normalized spacial score (nSPS) is 14.2. The first-order valence-electron chi connectivity index (χ1n) is 4.34. The summed E-state index contributed by atoms with van der Waals surface area (Å²) in [7, 11) is 1.36. The van der Waals surface area contributed by atoms with E-state index < -0.39 is 13.7 Å². The molecule has 1 atom stereocenters. The van der Waals surface area contributed by atoms with Crippen molar-refractivity contribution in [2.75, 3.05) is 27.7 Å². The van der Waals surface area contributed by atoms with Crippen molar-refractivity contribution in [2.24, 2.45) is 5.73 Å². The van der Waals surface area contributed by atoms with E-state index in [9.17, 15) is 0 Å². The number of rotatable bonds is 2. The second kappa shape index (κ2) is 10.1. The van der Waals surface area contributed by atoms with Crippen LogP contribution in [0.5, 0.6) is 0 Å². The van der Waals surface area contributed by atoms with Gasteiger partial charge in [-0.25, -0.2) is 4.57 Å². The molecule has 0 amide bonds. The standard InChI is InChI=1S/C4H11NO2.C3H9N.H3O4P/c1-3-7-4(2,5)6;1-4(2)3;1-5(2,3)4/h6H,3,5H2,1-2H3;1-3H3;(H3,1,2,3,4). The Morgan fingerprint density at radius 1 is 1.31 bits per heavy atom. The van der Waals surface area contributed by atoms with E-state index in [2.05, 4.69) is 4.74 Å². The van der Waals surface area contributed by atoms with Crippen molar-refractivity contribution in [3.63, 3.8) is 0 Å². The average molecular weight is 262 g/mol. The highest BCUT2D eigenvalue weighted by molar-refractivity contribution is 7.45. The maximum atomic E-state index is 8.88. The van der Waals surface area contributed by atoms with E-state index in [-0.39, 0.29) is 0 Å². The van der Waals surface area contributed by atoms with Gasteiger partial charge in [0.1, 0.15) is 0 Å². The fourth-order valence-corrected chi connectivity index (χ4v) is 0.292. The maximum absolute atomic E-state index is 8.88. The summed E-state index contributed by atoms with van der Waals surface area (Å²) in [5.74, 6) is -1.45. The predicted molar refractivity (Wildman–Crippen MR) is 60.3 cm³/mol. The van der Waals surface area contributed by atoms with Crippen LogP contribution in [0.1, 0.15) is 13.8 Å². The van der Waals surface area contributed by atoms with E-state index in [0.717, 1.165) is 0 Å². The van der Waals surface area contributed by atoms with Crippen LogP contribution in [-0.2, 0) is 9.30 Å². The molecule has 0 aromatic heterocycles. The van der Waals surface area contributed by atoms with E-state index in [4.69, 9.17) is 30.1 Å². The van der Waals surface area contributed by atoms with Crippen LogP contribution >= 0.6 is 7.82 Å². The molecule has 0 aliphatic heterocycles. The van der Waals surface area contributed by atoms with Crippen LogP contribution in [0.15, 0.2) is 0 Å². The second-order valence-electron chi connectivity index (χ2n) is 3.34. The van der Waals surface area contributed by atoms with Crippen molar-refractivity contribution in [1.82, 2.24) is 4.90 Å². The Morgan fingerprint density at radius 2 is 1.50 bits per heavy atom. The molecule has 0 bridgehead atoms. The Bertz CT molecular complexity index is 177. The highest BCUT2D eigenvalue weighted by Crippen LogP contribution is 2.25. The summed E-state index contributed by atoms with van der Waals surface area (Å²) >= 11 is 0. The van der Waals surface area contributed by atoms with E-state index in [0.29, 0.717) is 6.61 Å². The first kappa shape index (κ1) is 21.3. The molecule has 0 rings (SSSR count). The summed E-state index contributed by atoms with van der Waals surface area (Å²) in [6.07, 6.45) is 0. The lowest BCUT2D eigenvalue weighted by atomic mass is 10.6. The molecule has 0 aliphatic carbocycles. The van der Waals surface area contributed by atoms with Gasteiger partial charge < -0.3 is 29.4 Å². The Morgan fingerprint density at radius 3 is 1.50 bits per heavy atom. The van der Waals surface area contributed by atoms with Crippen molar-refractivity contribution in [3.8, 4) is 0 Å². The minimum atomic E-state index is -4.64. The Hall–Kier alpha value is -0.0500. The van der Waals surface area contributed by atoms with Gasteiger partial charge in [0.05, 0.1) is 0 Å². The third-order valence-electron chi connectivity index (χ3n) is 0.437. The quantitative estimate of drug-likeness (QED) is 0.312. The maximum Gasteiger partial charge on any atom is 0.466 e. The topological polar surface area (TPSA) is 136 Å².